The number of hydrogen-bond acceptors (Lipinski definition) is 3. The van der Waals surface area contributed by atoms with Crippen LogP contribution in [0, 0.1) is 0 Å². The van der Waals surface area contributed by atoms with Crippen LogP contribution in [0.3, 0.4) is 0 Å². The molecule has 15 heavy (non-hydrogen) atoms. The summed E-state index contributed by atoms with van der Waals surface area (Å²) in [6, 6.07) is 0. The molecule has 1 aliphatic rings. The number of aliphatic imine (C=N–C) groups is 1. The SMILES string of the molecule is CC/C=N\N1C(C(F)(F)F)=CC=NC1C. The number of rotatable bonds is 2. The number of nitrogens with zero attached hydrogens (tertiary/aromatic N) is 3. The Balaban J connectivity index is 2.95. The fourth-order valence-electron chi connectivity index (χ4n) is 1.13. The highest BCUT2D eigenvalue weighted by atomic mass is 19.4. The lowest BCUT2D eigenvalue weighted by Crippen LogP contribution is -2.35. The van der Waals surface area contributed by atoms with Gasteiger partial charge in [-0.2, -0.15) is 18.3 Å². The monoisotopic (exact) mass is 219 g/mol. The first kappa shape index (κ1) is 11.7. The first-order valence-corrected chi connectivity index (χ1v) is 4.59. The zero-order valence-electron chi connectivity index (χ0n) is 8.49. The van der Waals surface area contributed by atoms with E-state index < -0.39 is 18.0 Å². The van der Waals surface area contributed by atoms with Gasteiger partial charge < -0.3 is 0 Å². The van der Waals surface area contributed by atoms with Crippen LogP contribution in [0.1, 0.15) is 20.3 Å². The van der Waals surface area contributed by atoms with Crippen LogP contribution in [-0.4, -0.2) is 29.8 Å². The van der Waals surface area contributed by atoms with E-state index in [-0.39, 0.29) is 0 Å². The van der Waals surface area contributed by atoms with E-state index in [1.54, 1.807) is 13.8 Å². The second kappa shape index (κ2) is 4.46. The van der Waals surface area contributed by atoms with E-state index in [9.17, 15) is 13.2 Å². The summed E-state index contributed by atoms with van der Waals surface area (Å²) in [5.41, 5.74) is -0.783. The summed E-state index contributed by atoms with van der Waals surface area (Å²) in [7, 11) is 0. The highest BCUT2D eigenvalue weighted by molar-refractivity contribution is 5.73. The van der Waals surface area contributed by atoms with Crippen molar-refractivity contribution in [3.8, 4) is 0 Å². The van der Waals surface area contributed by atoms with Crippen molar-refractivity contribution >= 4 is 12.4 Å². The van der Waals surface area contributed by atoms with Gasteiger partial charge in [-0.15, -0.1) is 0 Å². The van der Waals surface area contributed by atoms with Crippen LogP contribution in [0.2, 0.25) is 0 Å². The zero-order valence-corrected chi connectivity index (χ0v) is 8.49. The second-order valence-corrected chi connectivity index (χ2v) is 3.03. The lowest BCUT2D eigenvalue weighted by Gasteiger charge is -2.29. The molecule has 0 aromatic rings. The molecular formula is C9H12F3N3. The van der Waals surface area contributed by atoms with Crippen molar-refractivity contribution in [3.05, 3.63) is 11.8 Å². The van der Waals surface area contributed by atoms with Gasteiger partial charge in [0.2, 0.25) is 0 Å². The molecular weight excluding hydrogens is 207 g/mol. The van der Waals surface area contributed by atoms with Crippen molar-refractivity contribution in [1.82, 2.24) is 5.01 Å². The van der Waals surface area contributed by atoms with Gasteiger partial charge in [0.15, 0.2) is 0 Å². The van der Waals surface area contributed by atoms with Gasteiger partial charge in [-0.1, -0.05) is 6.92 Å². The first-order valence-electron chi connectivity index (χ1n) is 4.59. The molecule has 3 nitrogen and oxygen atoms in total. The van der Waals surface area contributed by atoms with E-state index in [0.717, 1.165) is 17.3 Å². The lowest BCUT2D eigenvalue weighted by molar-refractivity contribution is -0.114. The zero-order chi connectivity index (χ0) is 11.5. The predicted molar refractivity (Wildman–Crippen MR) is 52.7 cm³/mol. The Bertz CT molecular complexity index is 304. The first-order chi connectivity index (χ1) is 6.96. The molecule has 1 aliphatic heterocycles. The molecule has 0 aromatic heterocycles. The highest BCUT2D eigenvalue weighted by Gasteiger charge is 2.40. The molecule has 0 amide bonds. The van der Waals surface area contributed by atoms with Crippen molar-refractivity contribution in [1.29, 1.82) is 0 Å². The van der Waals surface area contributed by atoms with Crippen LogP contribution in [0.25, 0.3) is 0 Å². The maximum atomic E-state index is 12.5. The lowest BCUT2D eigenvalue weighted by atomic mass is 10.3. The minimum atomic E-state index is -4.40. The van der Waals surface area contributed by atoms with Gasteiger partial charge >= 0.3 is 6.18 Å². The van der Waals surface area contributed by atoms with Crippen molar-refractivity contribution < 1.29 is 13.2 Å². The van der Waals surface area contributed by atoms with E-state index in [1.165, 1.54) is 6.21 Å². The topological polar surface area (TPSA) is 28.0 Å². The van der Waals surface area contributed by atoms with Crippen molar-refractivity contribution in [2.24, 2.45) is 10.1 Å². The number of alkyl halides is 3. The normalized spacial score (nSPS) is 22.3. The van der Waals surface area contributed by atoms with Crippen LogP contribution in [0.5, 0.6) is 0 Å². The summed E-state index contributed by atoms with van der Waals surface area (Å²) in [6.45, 7) is 3.36. The third-order valence-electron chi connectivity index (χ3n) is 1.81. The maximum absolute atomic E-state index is 12.5. The summed E-state index contributed by atoms with van der Waals surface area (Å²) in [4.78, 5) is 3.84. The van der Waals surface area contributed by atoms with Crippen LogP contribution < -0.4 is 0 Å². The molecule has 6 heteroatoms. The van der Waals surface area contributed by atoms with Crippen LogP contribution in [0.15, 0.2) is 21.9 Å². The molecule has 0 saturated carbocycles. The number of allylic oxidation sites excluding steroid dienone is 2. The molecule has 1 unspecified atom stereocenters. The minimum Gasteiger partial charge on any atom is -0.267 e. The van der Waals surface area contributed by atoms with Gasteiger partial charge in [-0.25, -0.2) is 5.01 Å². The second-order valence-electron chi connectivity index (χ2n) is 3.03. The quantitative estimate of drug-likeness (QED) is 0.656. The Hall–Kier alpha value is -1.33. The van der Waals surface area contributed by atoms with Gasteiger partial charge in [0.05, 0.1) is 0 Å². The Kier molecular flexibility index (Phi) is 3.49. The molecule has 0 spiro atoms. The van der Waals surface area contributed by atoms with E-state index in [1.807, 2.05) is 0 Å². The Morgan fingerprint density at radius 1 is 1.60 bits per heavy atom. The maximum Gasteiger partial charge on any atom is 0.433 e. The van der Waals surface area contributed by atoms with Crippen LogP contribution in [-0.2, 0) is 0 Å². The molecule has 0 bridgehead atoms. The molecule has 0 radical (unpaired) electrons. The number of hydrogen-bond donors (Lipinski definition) is 0. The Morgan fingerprint density at radius 3 is 2.80 bits per heavy atom. The molecule has 0 aliphatic carbocycles. The van der Waals surface area contributed by atoms with E-state index in [2.05, 4.69) is 10.1 Å². The number of hydrazone groups is 1. The highest BCUT2D eigenvalue weighted by Crippen LogP contribution is 2.31. The van der Waals surface area contributed by atoms with Gasteiger partial charge in [-0.05, 0) is 19.4 Å². The molecule has 1 atom stereocenters. The molecule has 0 N–H and O–H groups in total. The van der Waals surface area contributed by atoms with Gasteiger partial charge in [0.1, 0.15) is 11.9 Å². The number of halogens is 3. The smallest absolute Gasteiger partial charge is 0.267 e. The van der Waals surface area contributed by atoms with Crippen molar-refractivity contribution in [2.45, 2.75) is 32.6 Å². The third-order valence-corrected chi connectivity index (χ3v) is 1.81. The summed E-state index contributed by atoms with van der Waals surface area (Å²) in [5.74, 6) is 0. The van der Waals surface area contributed by atoms with Crippen molar-refractivity contribution in [2.75, 3.05) is 0 Å². The van der Waals surface area contributed by atoms with Crippen LogP contribution in [0.4, 0.5) is 13.2 Å². The van der Waals surface area contributed by atoms with E-state index in [4.69, 9.17) is 0 Å². The fraction of sp³-hybridized carbons (Fsp3) is 0.556. The van der Waals surface area contributed by atoms with Crippen molar-refractivity contribution in [3.63, 3.8) is 0 Å². The molecule has 0 saturated heterocycles. The average molecular weight is 219 g/mol. The summed E-state index contributed by atoms with van der Waals surface area (Å²) < 4.78 is 37.6. The molecule has 0 fully saturated rings. The molecule has 0 aromatic carbocycles. The summed E-state index contributed by atoms with van der Waals surface area (Å²) >= 11 is 0. The largest absolute Gasteiger partial charge is 0.433 e. The van der Waals surface area contributed by atoms with Gasteiger partial charge in [-0.3, -0.25) is 4.99 Å². The summed E-state index contributed by atoms with van der Waals surface area (Å²) in [6.07, 6.45) is -0.923. The predicted octanol–water partition coefficient (Wildman–Crippen LogP) is 2.56. The standard InChI is InChI=1S/C9H12F3N3/c1-3-5-14-15-7(2)13-6-4-8(15)9(10,11)12/h4-7H,3H2,1-2H3/b14-5-. The third kappa shape index (κ3) is 2.81. The molecule has 84 valence electrons. The Labute approximate surface area is 86.0 Å². The van der Waals surface area contributed by atoms with Crippen LogP contribution >= 0.6 is 0 Å². The van der Waals surface area contributed by atoms with Gasteiger partial charge in [0, 0.05) is 12.4 Å². The van der Waals surface area contributed by atoms with E-state index in [0.29, 0.717) is 6.42 Å². The molecule has 1 rings (SSSR count). The van der Waals surface area contributed by atoms with Gasteiger partial charge in [0.25, 0.3) is 0 Å². The summed E-state index contributed by atoms with van der Waals surface area (Å²) in [5, 5.41) is 4.62. The fourth-order valence-corrected chi connectivity index (χ4v) is 1.13. The Morgan fingerprint density at radius 2 is 2.27 bits per heavy atom. The molecule has 1 heterocycles. The minimum absolute atomic E-state index is 0.581. The van der Waals surface area contributed by atoms with E-state index >= 15 is 0 Å². The average Bonchev–Trinajstić information content (AvgIpc) is 2.14.